The Bertz CT molecular complexity index is 2490. The van der Waals surface area contributed by atoms with Crippen LogP contribution in [0, 0.1) is 0 Å². The molecule has 0 aromatic heterocycles. The average Bonchev–Trinajstić information content (AvgIpc) is 3.35. The molecule has 64 heavy (non-hydrogen) atoms. The number of hydrogen-bond acceptors (Lipinski definition) is 4. The van der Waals surface area contributed by atoms with Crippen molar-refractivity contribution >= 4 is 46.6 Å². The second-order valence-electron chi connectivity index (χ2n) is 16.5. The molecule has 0 saturated carbocycles. The Hall–Kier alpha value is -6.52. The van der Waals surface area contributed by atoms with E-state index in [2.05, 4.69) is 199 Å². The highest BCUT2D eigenvalue weighted by atomic mass is 14.9. The van der Waals surface area contributed by atoms with Crippen molar-refractivity contribution in [2.24, 2.45) is 9.98 Å². The summed E-state index contributed by atoms with van der Waals surface area (Å²) in [6, 6.07) is 48.7. The highest BCUT2D eigenvalue weighted by Crippen LogP contribution is 2.40. The quantitative estimate of drug-likeness (QED) is 0.0846. The van der Waals surface area contributed by atoms with Crippen molar-refractivity contribution in [2.45, 2.75) is 107 Å². The first-order chi connectivity index (χ1) is 31.4. The Morgan fingerprint density at radius 2 is 0.641 bits per heavy atom. The second kappa shape index (κ2) is 21.7. The van der Waals surface area contributed by atoms with Crippen molar-refractivity contribution in [3.63, 3.8) is 0 Å². The van der Waals surface area contributed by atoms with Gasteiger partial charge in [-0.25, -0.2) is 0 Å². The van der Waals surface area contributed by atoms with Crippen molar-refractivity contribution in [1.29, 1.82) is 0 Å². The summed E-state index contributed by atoms with van der Waals surface area (Å²) in [5, 5.41) is 7.82. The molecule has 0 fully saturated rings. The summed E-state index contributed by atoms with van der Waals surface area (Å²) in [7, 11) is 0. The van der Waals surface area contributed by atoms with Crippen LogP contribution in [0.25, 0.3) is 22.3 Å². The lowest BCUT2D eigenvalue weighted by molar-refractivity contribution is 1.08. The van der Waals surface area contributed by atoms with E-state index in [-0.39, 0.29) is 0 Å². The number of nitrogens with one attached hydrogen (secondary N) is 2. The topological polar surface area (TPSA) is 48.8 Å². The molecular formula is C60H66N4. The summed E-state index contributed by atoms with van der Waals surface area (Å²) in [6.07, 6.45) is 11.5. The predicted octanol–water partition coefficient (Wildman–Crippen LogP) is 16.5. The smallest absolute Gasteiger partial charge is 0.0693 e. The lowest BCUT2D eigenvalue weighted by Crippen LogP contribution is -2.04. The zero-order valence-corrected chi connectivity index (χ0v) is 39.4. The van der Waals surface area contributed by atoms with Gasteiger partial charge in [-0.05, 0) is 155 Å². The molecule has 4 nitrogen and oxygen atoms in total. The SMILES string of the molecule is CCc1cccc(CC)c1/N=C/c1ccccc1Nc1c(CC)cc(-c2ccccc2-c2cc(CC)c(Nc3ccccc3/C=N/c3c(CC)cccc3CC)c(CC)c2)cc1CC. The molecule has 7 rings (SSSR count). The molecule has 7 aromatic rings. The minimum absolute atomic E-state index is 0.905. The standard InChI is InChI=1S/C60H66N4/c1-9-41-27-23-28-42(10-2)57(41)61-39-49-25-17-21-33-55(49)63-59-45(13-5)35-51(36-46(59)14-6)53-31-19-20-32-54(53)52-37-47(15-7)60(48(16-8)38-52)64-56-34-22-18-26-50(56)40-62-58-43(11-3)29-24-30-44(58)12-4/h17-40,63-64H,9-16H2,1-8H3/b61-39+,62-40+. The van der Waals surface area contributed by atoms with E-state index < -0.39 is 0 Å². The molecule has 0 saturated heterocycles. The van der Waals surface area contributed by atoms with Gasteiger partial charge in [-0.3, -0.25) is 9.98 Å². The van der Waals surface area contributed by atoms with Gasteiger partial charge in [0.25, 0.3) is 0 Å². The third-order valence-electron chi connectivity index (χ3n) is 12.7. The van der Waals surface area contributed by atoms with Gasteiger partial charge in [0.15, 0.2) is 0 Å². The summed E-state index contributed by atoms with van der Waals surface area (Å²) in [5.74, 6) is 0. The van der Waals surface area contributed by atoms with Crippen LogP contribution in [0.1, 0.15) is 111 Å². The van der Waals surface area contributed by atoms with E-state index in [1.54, 1.807) is 0 Å². The molecule has 7 aromatic carbocycles. The summed E-state index contributed by atoms with van der Waals surface area (Å²) in [4.78, 5) is 10.2. The van der Waals surface area contributed by atoms with Crippen LogP contribution in [0.2, 0.25) is 0 Å². The van der Waals surface area contributed by atoms with E-state index >= 15 is 0 Å². The Balaban J connectivity index is 1.23. The van der Waals surface area contributed by atoms with Crippen molar-refractivity contribution < 1.29 is 0 Å². The van der Waals surface area contributed by atoms with E-state index in [1.807, 2.05) is 12.4 Å². The third-order valence-corrected chi connectivity index (χ3v) is 12.7. The first kappa shape index (κ1) is 45.5. The maximum atomic E-state index is 5.11. The number of rotatable bonds is 18. The number of anilines is 4. The zero-order chi connectivity index (χ0) is 45.0. The normalized spacial score (nSPS) is 11.5. The predicted molar refractivity (Wildman–Crippen MR) is 279 cm³/mol. The maximum Gasteiger partial charge on any atom is 0.0693 e. The van der Waals surface area contributed by atoms with Crippen LogP contribution in [0.5, 0.6) is 0 Å². The summed E-state index contributed by atoms with van der Waals surface area (Å²) in [6.45, 7) is 17.9. The molecule has 2 N–H and O–H groups in total. The zero-order valence-electron chi connectivity index (χ0n) is 39.4. The Kier molecular flexibility index (Phi) is 15.4. The second-order valence-corrected chi connectivity index (χ2v) is 16.5. The molecule has 0 atom stereocenters. The number of benzene rings is 7. The number of hydrogen-bond donors (Lipinski definition) is 2. The van der Waals surface area contributed by atoms with Gasteiger partial charge in [0.1, 0.15) is 0 Å². The Morgan fingerprint density at radius 3 is 0.953 bits per heavy atom. The average molecular weight is 843 g/mol. The van der Waals surface area contributed by atoms with Crippen molar-refractivity contribution in [3.05, 3.63) is 189 Å². The van der Waals surface area contributed by atoms with Crippen LogP contribution in [0.3, 0.4) is 0 Å². The van der Waals surface area contributed by atoms with Crippen LogP contribution in [-0.2, 0) is 51.4 Å². The minimum atomic E-state index is 0.905. The number of nitrogens with zero attached hydrogens (tertiary/aromatic N) is 2. The number of para-hydroxylation sites is 4. The fourth-order valence-corrected chi connectivity index (χ4v) is 9.02. The Labute approximate surface area is 383 Å². The molecule has 0 heterocycles. The van der Waals surface area contributed by atoms with Crippen LogP contribution in [-0.4, -0.2) is 12.4 Å². The van der Waals surface area contributed by atoms with Gasteiger partial charge < -0.3 is 10.6 Å². The summed E-state index contributed by atoms with van der Waals surface area (Å²) in [5.41, 5.74) is 24.2. The molecule has 4 heteroatoms. The van der Waals surface area contributed by atoms with Crippen molar-refractivity contribution in [3.8, 4) is 22.3 Å². The lowest BCUT2D eigenvalue weighted by atomic mass is 9.88. The van der Waals surface area contributed by atoms with Gasteiger partial charge >= 0.3 is 0 Å². The fraction of sp³-hybridized carbons (Fsp3) is 0.267. The van der Waals surface area contributed by atoms with Crippen LogP contribution in [0.4, 0.5) is 34.1 Å². The highest BCUT2D eigenvalue weighted by Gasteiger charge is 2.18. The summed E-state index contributed by atoms with van der Waals surface area (Å²) < 4.78 is 0. The van der Waals surface area contributed by atoms with Crippen LogP contribution in [0.15, 0.2) is 143 Å². The lowest BCUT2D eigenvalue weighted by Gasteiger charge is -2.21. The molecule has 0 aliphatic heterocycles. The first-order valence-electron chi connectivity index (χ1n) is 23.8. The van der Waals surface area contributed by atoms with E-state index in [0.29, 0.717) is 0 Å². The summed E-state index contributed by atoms with van der Waals surface area (Å²) >= 11 is 0. The molecular weight excluding hydrogens is 777 g/mol. The van der Waals surface area contributed by atoms with Crippen LogP contribution >= 0.6 is 0 Å². The van der Waals surface area contributed by atoms with Gasteiger partial charge in [0.05, 0.1) is 11.4 Å². The molecule has 0 aliphatic carbocycles. The van der Waals surface area contributed by atoms with Gasteiger partial charge in [0, 0.05) is 46.3 Å². The molecule has 0 spiro atoms. The molecule has 0 unspecified atom stereocenters. The van der Waals surface area contributed by atoms with E-state index in [0.717, 1.165) is 85.2 Å². The Morgan fingerprint density at radius 1 is 0.344 bits per heavy atom. The fourth-order valence-electron chi connectivity index (χ4n) is 9.02. The van der Waals surface area contributed by atoms with Gasteiger partial charge in [-0.1, -0.05) is 152 Å². The molecule has 0 aliphatic rings. The van der Waals surface area contributed by atoms with Gasteiger partial charge in [-0.15, -0.1) is 0 Å². The van der Waals surface area contributed by atoms with Gasteiger partial charge in [-0.2, -0.15) is 0 Å². The number of aryl methyl sites for hydroxylation is 8. The van der Waals surface area contributed by atoms with E-state index in [9.17, 15) is 0 Å². The van der Waals surface area contributed by atoms with Crippen molar-refractivity contribution in [1.82, 2.24) is 0 Å². The highest BCUT2D eigenvalue weighted by molar-refractivity contribution is 5.94. The van der Waals surface area contributed by atoms with E-state index in [4.69, 9.17) is 9.98 Å². The molecule has 0 bridgehead atoms. The maximum absolute atomic E-state index is 5.11. The monoisotopic (exact) mass is 843 g/mol. The first-order valence-corrected chi connectivity index (χ1v) is 23.8. The molecule has 0 amide bonds. The largest absolute Gasteiger partial charge is 0.355 e. The molecule has 326 valence electrons. The van der Waals surface area contributed by atoms with Crippen molar-refractivity contribution in [2.75, 3.05) is 10.6 Å². The third kappa shape index (κ3) is 9.98. The van der Waals surface area contributed by atoms with Gasteiger partial charge in [0.2, 0.25) is 0 Å². The van der Waals surface area contributed by atoms with E-state index in [1.165, 1.54) is 78.1 Å². The minimum Gasteiger partial charge on any atom is -0.355 e. The number of aliphatic imine (C=N–C) groups is 2. The van der Waals surface area contributed by atoms with Crippen LogP contribution < -0.4 is 10.6 Å². The molecule has 0 radical (unpaired) electrons.